The van der Waals surface area contributed by atoms with E-state index in [1.165, 1.54) is 0 Å². The molecule has 32 heavy (non-hydrogen) atoms. The van der Waals surface area contributed by atoms with Crippen LogP contribution in [0.15, 0.2) is 48.8 Å². The summed E-state index contributed by atoms with van der Waals surface area (Å²) >= 11 is 0. The molecule has 0 aliphatic carbocycles. The molecule has 1 aromatic carbocycles. The molecule has 1 aliphatic rings. The summed E-state index contributed by atoms with van der Waals surface area (Å²) in [7, 11) is 3.93. The van der Waals surface area contributed by atoms with E-state index in [9.17, 15) is 14.7 Å². The number of carboxylic acid groups (broad SMARTS) is 1. The molecule has 1 aliphatic heterocycles. The first-order valence-electron chi connectivity index (χ1n) is 10.2. The number of carbonyl (C=O) groups excluding carboxylic acids is 1. The molecular formula is C23H25N5O4. The third-order valence-electron chi connectivity index (χ3n) is 5.20. The molecule has 9 nitrogen and oxygen atoms in total. The number of nitrogens with zero attached hydrogens (tertiary/aromatic N) is 3. The van der Waals surface area contributed by atoms with Gasteiger partial charge in [0.05, 0.1) is 36.2 Å². The van der Waals surface area contributed by atoms with Gasteiger partial charge >= 0.3 is 6.09 Å². The molecule has 9 heteroatoms. The summed E-state index contributed by atoms with van der Waals surface area (Å²) in [5.74, 6) is 0.310. The van der Waals surface area contributed by atoms with Crippen molar-refractivity contribution in [1.82, 2.24) is 19.8 Å². The lowest BCUT2D eigenvalue weighted by Gasteiger charge is -2.23. The van der Waals surface area contributed by atoms with E-state index < -0.39 is 6.09 Å². The van der Waals surface area contributed by atoms with Crippen molar-refractivity contribution in [3.63, 3.8) is 0 Å². The molecule has 3 N–H and O–H groups in total. The van der Waals surface area contributed by atoms with Crippen LogP contribution in [0.2, 0.25) is 0 Å². The lowest BCUT2D eigenvalue weighted by molar-refractivity contribution is 0.0874. The number of amides is 1. The summed E-state index contributed by atoms with van der Waals surface area (Å²) in [5.41, 5.74) is 3.83. The number of pyridine rings is 1. The number of hydrogen-bond donors (Lipinski definition) is 3. The van der Waals surface area contributed by atoms with Gasteiger partial charge in [-0.15, -0.1) is 0 Å². The van der Waals surface area contributed by atoms with Crippen LogP contribution in [0.1, 0.15) is 16.1 Å². The van der Waals surface area contributed by atoms with E-state index >= 15 is 0 Å². The standard InChI is InChI=1S/C23H25N5O4/c1-27(2)10-11-32-19-12-24-9-8-16(19)21-22(25-15-6-4-3-5-7-15)20-17(26-21)13-28(23(30)31)14-18(20)29/h3-9,12,25-26H,10-11,13-14H2,1-2H3,(H,30,31). The normalized spacial score (nSPS) is 13.2. The van der Waals surface area contributed by atoms with Crippen LogP contribution in [-0.2, 0) is 6.54 Å². The van der Waals surface area contributed by atoms with Gasteiger partial charge in [-0.05, 0) is 32.3 Å². The monoisotopic (exact) mass is 435 g/mol. The number of Topliss-reactive ketones (excluding diaryl/α,β-unsaturated/α-hetero) is 1. The number of aromatic amines is 1. The number of hydrogen-bond acceptors (Lipinski definition) is 6. The highest BCUT2D eigenvalue weighted by molar-refractivity contribution is 6.09. The molecule has 0 radical (unpaired) electrons. The van der Waals surface area contributed by atoms with Crippen molar-refractivity contribution in [2.45, 2.75) is 6.54 Å². The zero-order valence-electron chi connectivity index (χ0n) is 18.0. The highest BCUT2D eigenvalue weighted by Crippen LogP contribution is 2.41. The second-order valence-electron chi connectivity index (χ2n) is 7.80. The first kappa shape index (κ1) is 21.4. The first-order chi connectivity index (χ1) is 15.4. The van der Waals surface area contributed by atoms with Crippen LogP contribution in [-0.4, -0.2) is 70.5 Å². The topological polar surface area (TPSA) is 111 Å². The number of aromatic nitrogens is 2. The average Bonchev–Trinajstić information content (AvgIpc) is 3.13. The van der Waals surface area contributed by atoms with E-state index in [0.29, 0.717) is 35.0 Å². The fourth-order valence-electron chi connectivity index (χ4n) is 3.65. The van der Waals surface area contributed by atoms with Crippen LogP contribution in [0.25, 0.3) is 11.3 Å². The predicted octanol–water partition coefficient (Wildman–Crippen LogP) is 3.44. The Balaban J connectivity index is 1.80. The van der Waals surface area contributed by atoms with Gasteiger partial charge in [0.15, 0.2) is 5.78 Å². The van der Waals surface area contributed by atoms with Crippen molar-refractivity contribution in [3.05, 3.63) is 60.0 Å². The van der Waals surface area contributed by atoms with Gasteiger partial charge in [-0.3, -0.25) is 14.7 Å². The zero-order valence-corrected chi connectivity index (χ0v) is 18.0. The van der Waals surface area contributed by atoms with Gasteiger partial charge in [0.1, 0.15) is 12.4 Å². The van der Waals surface area contributed by atoms with Gasteiger partial charge in [0, 0.05) is 29.7 Å². The van der Waals surface area contributed by atoms with E-state index in [0.717, 1.165) is 22.7 Å². The summed E-state index contributed by atoms with van der Waals surface area (Å²) in [4.78, 5) is 35.1. The number of H-pyrrole nitrogens is 1. The Bertz CT molecular complexity index is 1130. The van der Waals surface area contributed by atoms with Crippen molar-refractivity contribution in [1.29, 1.82) is 0 Å². The van der Waals surface area contributed by atoms with Gasteiger partial charge in [-0.1, -0.05) is 18.2 Å². The molecule has 0 spiro atoms. The molecule has 0 atom stereocenters. The molecule has 2 aromatic heterocycles. The highest BCUT2D eigenvalue weighted by Gasteiger charge is 2.33. The van der Waals surface area contributed by atoms with Gasteiger partial charge < -0.3 is 25.0 Å². The number of fused-ring (bicyclic) bond motifs is 1. The molecule has 0 fully saturated rings. The van der Waals surface area contributed by atoms with Gasteiger partial charge in [0.25, 0.3) is 0 Å². The number of rotatable bonds is 7. The molecular weight excluding hydrogens is 410 g/mol. The number of carbonyl (C=O) groups is 2. The second-order valence-corrected chi connectivity index (χ2v) is 7.80. The summed E-state index contributed by atoms with van der Waals surface area (Å²) in [6.45, 7) is 1.11. The van der Waals surface area contributed by atoms with Crippen LogP contribution in [0.3, 0.4) is 0 Å². The van der Waals surface area contributed by atoms with E-state index in [1.54, 1.807) is 12.4 Å². The maximum absolute atomic E-state index is 13.0. The van der Waals surface area contributed by atoms with Crippen LogP contribution in [0.5, 0.6) is 5.75 Å². The largest absolute Gasteiger partial charge is 0.490 e. The number of likely N-dealkylation sites (N-methyl/N-ethyl adjacent to an activating group) is 1. The minimum atomic E-state index is -1.13. The molecule has 0 saturated heterocycles. The van der Waals surface area contributed by atoms with Crippen molar-refractivity contribution in [2.75, 3.05) is 39.1 Å². The Morgan fingerprint density at radius 1 is 1.25 bits per heavy atom. The number of para-hydroxylation sites is 1. The van der Waals surface area contributed by atoms with E-state index in [2.05, 4.69) is 15.3 Å². The van der Waals surface area contributed by atoms with Crippen LogP contribution in [0.4, 0.5) is 16.2 Å². The Kier molecular flexibility index (Phi) is 6.09. The molecule has 166 valence electrons. The van der Waals surface area contributed by atoms with Crippen molar-refractivity contribution < 1.29 is 19.4 Å². The van der Waals surface area contributed by atoms with Gasteiger partial charge in [0.2, 0.25) is 0 Å². The molecule has 3 aromatic rings. The van der Waals surface area contributed by atoms with Crippen molar-refractivity contribution in [2.24, 2.45) is 0 Å². The number of nitrogens with one attached hydrogen (secondary N) is 2. The number of ether oxygens (including phenoxy) is 1. The zero-order chi connectivity index (χ0) is 22.7. The highest BCUT2D eigenvalue weighted by atomic mass is 16.5. The number of anilines is 2. The summed E-state index contributed by atoms with van der Waals surface area (Å²) < 4.78 is 5.98. The van der Waals surface area contributed by atoms with Crippen LogP contribution in [0, 0.1) is 0 Å². The van der Waals surface area contributed by atoms with E-state index in [1.807, 2.05) is 55.4 Å². The number of benzene rings is 1. The average molecular weight is 435 g/mol. The third-order valence-corrected chi connectivity index (χ3v) is 5.20. The SMILES string of the molecule is CN(C)CCOc1cnccc1-c1[nH]c2c(c1Nc1ccccc1)C(=O)CN(C(=O)O)C2. The molecule has 4 rings (SSSR count). The van der Waals surface area contributed by atoms with Crippen LogP contribution < -0.4 is 10.1 Å². The van der Waals surface area contributed by atoms with Crippen molar-refractivity contribution >= 4 is 23.3 Å². The Labute approximate surface area is 185 Å². The second kappa shape index (κ2) is 9.11. The molecule has 0 bridgehead atoms. The lowest BCUT2D eigenvalue weighted by Crippen LogP contribution is -2.38. The predicted molar refractivity (Wildman–Crippen MR) is 121 cm³/mol. The molecule has 0 unspecified atom stereocenters. The molecule has 3 heterocycles. The fraction of sp³-hybridized carbons (Fsp3) is 0.261. The summed E-state index contributed by atoms with van der Waals surface area (Å²) in [6, 6.07) is 11.3. The maximum Gasteiger partial charge on any atom is 0.408 e. The molecule has 1 amide bonds. The van der Waals surface area contributed by atoms with Crippen molar-refractivity contribution in [3.8, 4) is 17.0 Å². The van der Waals surface area contributed by atoms with E-state index in [-0.39, 0.29) is 18.9 Å². The first-order valence-corrected chi connectivity index (χ1v) is 10.2. The lowest BCUT2D eigenvalue weighted by atomic mass is 10.0. The Hall–Kier alpha value is -3.85. The van der Waals surface area contributed by atoms with Crippen LogP contribution >= 0.6 is 0 Å². The quantitative estimate of drug-likeness (QED) is 0.521. The summed E-state index contributed by atoms with van der Waals surface area (Å²) in [6.07, 6.45) is 2.17. The smallest absolute Gasteiger partial charge is 0.408 e. The Morgan fingerprint density at radius 3 is 2.75 bits per heavy atom. The van der Waals surface area contributed by atoms with E-state index in [4.69, 9.17) is 4.74 Å². The minimum Gasteiger partial charge on any atom is -0.490 e. The molecule has 0 saturated carbocycles. The third kappa shape index (κ3) is 4.42. The minimum absolute atomic E-state index is 0.0990. The Morgan fingerprint density at radius 2 is 2.03 bits per heavy atom. The van der Waals surface area contributed by atoms with Gasteiger partial charge in [-0.25, -0.2) is 4.79 Å². The fourth-order valence-corrected chi connectivity index (χ4v) is 3.65. The van der Waals surface area contributed by atoms with Gasteiger partial charge in [-0.2, -0.15) is 0 Å². The summed E-state index contributed by atoms with van der Waals surface area (Å²) in [5, 5.41) is 12.8. The number of ketones is 1. The maximum atomic E-state index is 13.0.